The van der Waals surface area contributed by atoms with Gasteiger partial charge in [-0.1, -0.05) is 6.07 Å². The monoisotopic (exact) mass is 463 g/mol. The van der Waals surface area contributed by atoms with E-state index in [4.69, 9.17) is 9.47 Å². The molecule has 34 heavy (non-hydrogen) atoms. The van der Waals surface area contributed by atoms with Gasteiger partial charge in [0.25, 0.3) is 11.6 Å². The minimum Gasteiger partial charge on any atom is -0.493 e. The van der Waals surface area contributed by atoms with Crippen LogP contribution in [-0.2, 0) is 0 Å². The highest BCUT2D eigenvalue weighted by Crippen LogP contribution is 2.32. The number of piperazine rings is 1. The van der Waals surface area contributed by atoms with Crippen LogP contribution in [0.25, 0.3) is 0 Å². The maximum Gasteiger partial charge on any atom is 0.269 e. The van der Waals surface area contributed by atoms with Crippen LogP contribution in [-0.4, -0.2) is 58.5 Å². The van der Waals surface area contributed by atoms with Crippen LogP contribution in [0.4, 0.5) is 11.5 Å². The van der Waals surface area contributed by atoms with Gasteiger partial charge in [0.1, 0.15) is 12.1 Å². The van der Waals surface area contributed by atoms with E-state index in [0.717, 1.165) is 5.56 Å². The molecule has 1 saturated heterocycles. The van der Waals surface area contributed by atoms with E-state index in [1.807, 2.05) is 32.0 Å². The highest BCUT2D eigenvalue weighted by Gasteiger charge is 2.29. The zero-order valence-electron chi connectivity index (χ0n) is 19.2. The average Bonchev–Trinajstić information content (AvgIpc) is 2.85. The standard InChI is InChI=1S/C24H25N5O5/c1-16-4-9-20(21(12-16)33-3)34-23-13-22(25-15-26-23)27-10-11-28(17(2)14-27)24(30)18-5-7-19(8-6-18)29(31)32/h4-9,12-13,15,17H,10-11,14H2,1-3H3/t17-/m1/s1. The number of aromatic nitrogens is 2. The molecule has 4 rings (SSSR count). The summed E-state index contributed by atoms with van der Waals surface area (Å²) < 4.78 is 11.3. The van der Waals surface area contributed by atoms with Gasteiger partial charge in [-0.3, -0.25) is 14.9 Å². The molecule has 10 heteroatoms. The molecule has 1 atom stereocenters. The first-order valence-electron chi connectivity index (χ1n) is 10.8. The van der Waals surface area contributed by atoms with Crippen molar-refractivity contribution in [3.05, 3.63) is 76.1 Å². The summed E-state index contributed by atoms with van der Waals surface area (Å²) in [7, 11) is 1.59. The van der Waals surface area contributed by atoms with Gasteiger partial charge in [0, 0.05) is 49.4 Å². The van der Waals surface area contributed by atoms with Crippen molar-refractivity contribution in [2.45, 2.75) is 19.9 Å². The molecule has 1 aliphatic rings. The fourth-order valence-electron chi connectivity index (χ4n) is 3.89. The van der Waals surface area contributed by atoms with Crippen LogP contribution < -0.4 is 14.4 Å². The van der Waals surface area contributed by atoms with Gasteiger partial charge in [0.2, 0.25) is 5.88 Å². The van der Waals surface area contributed by atoms with Crippen LogP contribution >= 0.6 is 0 Å². The Morgan fingerprint density at radius 1 is 1.09 bits per heavy atom. The first kappa shape index (κ1) is 23.0. The Kier molecular flexibility index (Phi) is 6.58. The van der Waals surface area contributed by atoms with Crippen LogP contribution in [0.15, 0.2) is 54.9 Å². The Balaban J connectivity index is 1.44. The molecule has 0 saturated carbocycles. The largest absolute Gasteiger partial charge is 0.493 e. The van der Waals surface area contributed by atoms with Crippen LogP contribution in [0, 0.1) is 17.0 Å². The Morgan fingerprint density at radius 3 is 2.53 bits per heavy atom. The number of aryl methyl sites for hydroxylation is 1. The second-order valence-corrected chi connectivity index (χ2v) is 8.07. The summed E-state index contributed by atoms with van der Waals surface area (Å²) in [6.07, 6.45) is 1.45. The lowest BCUT2D eigenvalue weighted by Gasteiger charge is -2.40. The fraction of sp³-hybridized carbons (Fsp3) is 0.292. The third-order valence-electron chi connectivity index (χ3n) is 5.70. The quantitative estimate of drug-likeness (QED) is 0.400. The molecule has 1 aromatic heterocycles. The molecule has 1 amide bonds. The number of amides is 1. The van der Waals surface area contributed by atoms with Gasteiger partial charge in [-0.05, 0) is 43.7 Å². The highest BCUT2D eigenvalue weighted by molar-refractivity contribution is 5.94. The third-order valence-corrected chi connectivity index (χ3v) is 5.70. The van der Waals surface area contributed by atoms with E-state index in [-0.39, 0.29) is 17.6 Å². The van der Waals surface area contributed by atoms with Crippen LogP contribution in [0.1, 0.15) is 22.8 Å². The number of carbonyl (C=O) groups is 1. The average molecular weight is 463 g/mol. The van der Waals surface area contributed by atoms with Crippen molar-refractivity contribution in [2.75, 3.05) is 31.6 Å². The molecule has 0 aliphatic carbocycles. The van der Waals surface area contributed by atoms with Crippen molar-refractivity contribution in [1.82, 2.24) is 14.9 Å². The first-order valence-corrected chi connectivity index (χ1v) is 10.8. The van der Waals surface area contributed by atoms with Crippen LogP contribution in [0.2, 0.25) is 0 Å². The number of nitro benzene ring substituents is 1. The Bertz CT molecular complexity index is 1200. The molecule has 0 unspecified atom stereocenters. The summed E-state index contributed by atoms with van der Waals surface area (Å²) >= 11 is 0. The van der Waals surface area contributed by atoms with Gasteiger partial charge in [-0.15, -0.1) is 0 Å². The lowest BCUT2D eigenvalue weighted by molar-refractivity contribution is -0.384. The van der Waals surface area contributed by atoms with Gasteiger partial charge >= 0.3 is 0 Å². The number of nitrogens with zero attached hydrogens (tertiary/aromatic N) is 5. The molecule has 3 aromatic rings. The molecular weight excluding hydrogens is 438 g/mol. The summed E-state index contributed by atoms with van der Waals surface area (Å²) in [6.45, 7) is 5.58. The Labute approximate surface area is 196 Å². The number of methoxy groups -OCH3 is 1. The second kappa shape index (κ2) is 9.74. The molecule has 2 heterocycles. The van der Waals surface area contributed by atoms with E-state index in [1.165, 1.54) is 30.6 Å². The number of non-ortho nitro benzene ring substituents is 1. The van der Waals surface area contributed by atoms with E-state index in [1.54, 1.807) is 18.1 Å². The number of hydrogen-bond donors (Lipinski definition) is 0. The normalized spacial score (nSPS) is 15.7. The molecule has 1 aliphatic heterocycles. The molecule has 0 N–H and O–H groups in total. The molecule has 176 valence electrons. The van der Waals surface area contributed by atoms with E-state index in [2.05, 4.69) is 14.9 Å². The third kappa shape index (κ3) is 4.90. The van der Waals surface area contributed by atoms with Crippen molar-refractivity contribution in [2.24, 2.45) is 0 Å². The molecular formula is C24H25N5O5. The number of benzene rings is 2. The number of carbonyl (C=O) groups excluding carboxylic acids is 1. The van der Waals surface area contributed by atoms with Crippen molar-refractivity contribution >= 4 is 17.4 Å². The molecule has 1 fully saturated rings. The van der Waals surface area contributed by atoms with Crippen LogP contribution in [0.3, 0.4) is 0 Å². The number of anilines is 1. The van der Waals surface area contributed by atoms with Crippen molar-refractivity contribution in [3.8, 4) is 17.4 Å². The molecule has 0 radical (unpaired) electrons. The van der Waals surface area contributed by atoms with E-state index in [9.17, 15) is 14.9 Å². The van der Waals surface area contributed by atoms with E-state index >= 15 is 0 Å². The van der Waals surface area contributed by atoms with Crippen molar-refractivity contribution < 1.29 is 19.2 Å². The second-order valence-electron chi connectivity index (χ2n) is 8.07. The fourth-order valence-corrected chi connectivity index (χ4v) is 3.89. The Morgan fingerprint density at radius 2 is 1.85 bits per heavy atom. The Hall–Kier alpha value is -4.21. The predicted molar refractivity (Wildman–Crippen MR) is 126 cm³/mol. The zero-order valence-corrected chi connectivity index (χ0v) is 19.2. The van der Waals surface area contributed by atoms with Gasteiger partial charge in [0.05, 0.1) is 12.0 Å². The van der Waals surface area contributed by atoms with Gasteiger partial charge < -0.3 is 19.3 Å². The minimum atomic E-state index is -0.482. The van der Waals surface area contributed by atoms with Gasteiger partial charge in [-0.2, -0.15) is 0 Å². The SMILES string of the molecule is COc1cc(C)ccc1Oc1cc(N2CCN(C(=O)c3ccc([N+](=O)[O-])cc3)[C@H](C)C2)ncn1. The first-order chi connectivity index (χ1) is 16.4. The lowest BCUT2D eigenvalue weighted by atomic mass is 10.1. The molecule has 0 bridgehead atoms. The lowest BCUT2D eigenvalue weighted by Crippen LogP contribution is -2.54. The molecule has 10 nitrogen and oxygen atoms in total. The van der Waals surface area contributed by atoms with Crippen LogP contribution in [0.5, 0.6) is 17.4 Å². The smallest absolute Gasteiger partial charge is 0.269 e. The number of hydrogen-bond acceptors (Lipinski definition) is 8. The number of rotatable bonds is 6. The van der Waals surface area contributed by atoms with Gasteiger partial charge in [0.15, 0.2) is 11.5 Å². The molecule has 0 spiro atoms. The van der Waals surface area contributed by atoms with Gasteiger partial charge in [-0.25, -0.2) is 9.97 Å². The van der Waals surface area contributed by atoms with Crippen molar-refractivity contribution in [1.29, 1.82) is 0 Å². The minimum absolute atomic E-state index is 0.0422. The van der Waals surface area contributed by atoms with Crippen molar-refractivity contribution in [3.63, 3.8) is 0 Å². The zero-order chi connectivity index (χ0) is 24.2. The summed E-state index contributed by atoms with van der Waals surface area (Å²) in [5.74, 6) is 2.12. The summed E-state index contributed by atoms with van der Waals surface area (Å²) in [6, 6.07) is 13.0. The number of ether oxygens (including phenoxy) is 2. The maximum atomic E-state index is 13.0. The maximum absolute atomic E-state index is 13.0. The molecule has 2 aromatic carbocycles. The van der Waals surface area contributed by atoms with E-state index < -0.39 is 4.92 Å². The summed E-state index contributed by atoms with van der Waals surface area (Å²) in [5.41, 5.74) is 1.44. The number of nitro groups is 1. The highest BCUT2D eigenvalue weighted by atomic mass is 16.6. The summed E-state index contributed by atoms with van der Waals surface area (Å²) in [5, 5.41) is 10.9. The topological polar surface area (TPSA) is 111 Å². The predicted octanol–water partition coefficient (Wildman–Crippen LogP) is 3.85. The van der Waals surface area contributed by atoms with E-state index in [0.29, 0.717) is 48.4 Å². The summed E-state index contributed by atoms with van der Waals surface area (Å²) in [4.78, 5) is 35.8.